The maximum Gasteiger partial charge on any atom is 0.408 e. The van der Waals surface area contributed by atoms with Crippen LogP contribution < -0.4 is 10.1 Å². The van der Waals surface area contributed by atoms with E-state index in [4.69, 9.17) is 42.6 Å². The van der Waals surface area contributed by atoms with Crippen LogP contribution in [0.1, 0.15) is 72.1 Å². The Morgan fingerprint density at radius 2 is 1.80 bits per heavy atom. The maximum atomic E-state index is 13.9. The lowest BCUT2D eigenvalue weighted by molar-refractivity contribution is -0.142. The monoisotopic (exact) mass is 741 g/mol. The highest BCUT2D eigenvalue weighted by Crippen LogP contribution is 2.39. The lowest BCUT2D eigenvalue weighted by Gasteiger charge is -2.33. The number of rotatable bonds is 5. The highest BCUT2D eigenvalue weighted by Gasteiger charge is 2.47. The highest BCUT2D eigenvalue weighted by atomic mass is 35.5. The molecule has 264 valence electrons. The lowest BCUT2D eigenvalue weighted by Crippen LogP contribution is -2.49. The third kappa shape index (κ3) is 8.27. The van der Waals surface area contributed by atoms with Crippen LogP contribution in [0.2, 0.25) is 10.0 Å². The Labute approximate surface area is 302 Å². The van der Waals surface area contributed by atoms with Gasteiger partial charge in [-0.3, -0.25) is 24.3 Å². The fraction of sp³-hybridized carbons (Fsp3) is 0.457. The van der Waals surface area contributed by atoms with Crippen LogP contribution in [0, 0.1) is 5.92 Å². The van der Waals surface area contributed by atoms with Gasteiger partial charge in [0.25, 0.3) is 0 Å². The second-order valence-electron chi connectivity index (χ2n) is 13.6. The Morgan fingerprint density at radius 3 is 2.48 bits per heavy atom. The summed E-state index contributed by atoms with van der Waals surface area (Å²) in [5.74, 6) is -2.92. The molecular formula is C35H37Cl2N5O7S. The SMILES string of the molecule is CC(C)(C)OC(=O)N[C@H]1CCCCC2=C(C2)N=C[C@@H]2[C@@H](C(=O)O)CC(=O)N2[C@H](Oc2nc3cc(Cl)c(Cl)cc3nc2-c2cccs2)CCC1=O. The number of carbonyl (C=O) groups is 4. The third-order valence-corrected chi connectivity index (χ3v) is 10.3. The molecule has 2 aliphatic heterocycles. The van der Waals surface area contributed by atoms with Crippen molar-refractivity contribution >= 4 is 75.5 Å². The number of carboxylic acid groups (broad SMARTS) is 1. The van der Waals surface area contributed by atoms with E-state index in [9.17, 15) is 24.3 Å². The molecule has 1 aliphatic carbocycles. The number of Topliss-reactive ketones (excluding diaryl/α,β-unsaturated/α-hetero) is 1. The number of benzene rings is 1. The maximum absolute atomic E-state index is 13.9. The van der Waals surface area contributed by atoms with Crippen molar-refractivity contribution in [3.63, 3.8) is 0 Å². The minimum Gasteiger partial charge on any atom is -0.481 e. The second kappa shape index (κ2) is 14.7. The first-order chi connectivity index (χ1) is 23.8. The zero-order chi connectivity index (χ0) is 35.7. The molecule has 12 nitrogen and oxygen atoms in total. The van der Waals surface area contributed by atoms with Crippen LogP contribution in [0.4, 0.5) is 4.79 Å². The first-order valence-corrected chi connectivity index (χ1v) is 18.1. The number of hydrogen-bond acceptors (Lipinski definition) is 10. The molecule has 4 heterocycles. The summed E-state index contributed by atoms with van der Waals surface area (Å²) in [6.45, 7) is 5.23. The summed E-state index contributed by atoms with van der Waals surface area (Å²) >= 11 is 14.0. The van der Waals surface area contributed by atoms with Gasteiger partial charge in [-0.05, 0) is 69.2 Å². The van der Waals surface area contributed by atoms with Crippen molar-refractivity contribution in [3.05, 3.63) is 51.0 Å². The Hall–Kier alpha value is -4.07. The molecule has 2 N–H and O–H groups in total. The number of amides is 2. The van der Waals surface area contributed by atoms with Crippen molar-refractivity contribution in [2.75, 3.05) is 0 Å². The number of hydrogen-bond donors (Lipinski definition) is 2. The van der Waals surface area contributed by atoms with Crippen LogP contribution in [0.15, 0.2) is 45.9 Å². The van der Waals surface area contributed by atoms with Gasteiger partial charge in [0, 0.05) is 37.6 Å². The number of aromatic nitrogens is 2. The Morgan fingerprint density at radius 1 is 1.06 bits per heavy atom. The average molecular weight is 743 g/mol. The molecule has 2 amide bonds. The first kappa shape index (κ1) is 35.7. The fourth-order valence-electron chi connectivity index (χ4n) is 6.20. The molecule has 2 aromatic heterocycles. The second-order valence-corrected chi connectivity index (χ2v) is 15.3. The number of aliphatic imine (C=N–C) groups is 1. The smallest absolute Gasteiger partial charge is 0.408 e. The fourth-order valence-corrected chi connectivity index (χ4v) is 7.22. The molecule has 0 radical (unpaired) electrons. The van der Waals surface area contributed by atoms with Gasteiger partial charge in [0.05, 0.1) is 44.0 Å². The summed E-state index contributed by atoms with van der Waals surface area (Å²) in [6, 6.07) is 5.05. The normalized spacial score (nSPS) is 23.2. The number of aliphatic carboxylic acids is 1. The largest absolute Gasteiger partial charge is 0.481 e. The Kier molecular flexibility index (Phi) is 10.5. The van der Waals surface area contributed by atoms with Gasteiger partial charge in [-0.25, -0.2) is 14.8 Å². The van der Waals surface area contributed by atoms with Crippen LogP contribution in [-0.2, 0) is 19.1 Å². The van der Waals surface area contributed by atoms with Gasteiger partial charge in [0.1, 0.15) is 11.3 Å². The molecule has 3 aliphatic rings. The molecule has 0 bridgehead atoms. The van der Waals surface area contributed by atoms with Gasteiger partial charge in [-0.1, -0.05) is 35.7 Å². The summed E-state index contributed by atoms with van der Waals surface area (Å²) in [6.07, 6.45) is 2.55. The van der Waals surface area contributed by atoms with Gasteiger partial charge >= 0.3 is 12.1 Å². The molecule has 4 atom stereocenters. The first-order valence-electron chi connectivity index (χ1n) is 16.5. The van der Waals surface area contributed by atoms with E-state index in [0.717, 1.165) is 29.0 Å². The highest BCUT2D eigenvalue weighted by molar-refractivity contribution is 7.13. The van der Waals surface area contributed by atoms with Crippen molar-refractivity contribution in [1.82, 2.24) is 20.2 Å². The van der Waals surface area contributed by atoms with Gasteiger partial charge in [-0.2, -0.15) is 0 Å². The van der Waals surface area contributed by atoms with Gasteiger partial charge in [-0.15, -0.1) is 11.3 Å². The molecule has 0 saturated carbocycles. The molecule has 0 spiro atoms. The zero-order valence-corrected chi connectivity index (χ0v) is 30.1. The summed E-state index contributed by atoms with van der Waals surface area (Å²) < 4.78 is 12.0. The molecule has 3 aromatic rings. The van der Waals surface area contributed by atoms with E-state index >= 15 is 0 Å². The number of nitrogens with zero attached hydrogens (tertiary/aromatic N) is 4. The number of carboxylic acids is 1. The summed E-state index contributed by atoms with van der Waals surface area (Å²) in [5.41, 5.74) is 2.45. The molecule has 1 aromatic carbocycles. The number of thiophene rings is 1. The predicted molar refractivity (Wildman–Crippen MR) is 190 cm³/mol. The van der Waals surface area contributed by atoms with E-state index in [1.807, 2.05) is 17.5 Å². The van der Waals surface area contributed by atoms with Crippen molar-refractivity contribution in [3.8, 4) is 16.5 Å². The molecule has 6 rings (SSSR count). The number of fused-ring (bicyclic) bond motifs is 2. The van der Waals surface area contributed by atoms with Crippen LogP contribution in [0.5, 0.6) is 5.88 Å². The number of ether oxygens (including phenoxy) is 2. The summed E-state index contributed by atoms with van der Waals surface area (Å²) in [5, 5.41) is 15.3. The number of alkyl carbamates (subject to hydrolysis) is 1. The van der Waals surface area contributed by atoms with Crippen LogP contribution in [0.3, 0.4) is 0 Å². The number of nitrogens with one attached hydrogen (secondary N) is 1. The van der Waals surface area contributed by atoms with Crippen molar-refractivity contribution in [1.29, 1.82) is 0 Å². The minimum absolute atomic E-state index is 0.0351. The van der Waals surface area contributed by atoms with Crippen molar-refractivity contribution < 1.29 is 33.8 Å². The summed E-state index contributed by atoms with van der Waals surface area (Å²) in [7, 11) is 0. The molecular weight excluding hydrogens is 705 g/mol. The third-order valence-electron chi connectivity index (χ3n) is 8.71. The van der Waals surface area contributed by atoms with Gasteiger partial charge in [0.15, 0.2) is 12.0 Å². The molecule has 1 fully saturated rings. The van der Waals surface area contributed by atoms with E-state index in [2.05, 4.69) is 10.3 Å². The number of carbonyl (C=O) groups excluding carboxylic acids is 3. The summed E-state index contributed by atoms with van der Waals surface area (Å²) in [4.78, 5) is 69.0. The molecule has 1 saturated heterocycles. The predicted octanol–water partition coefficient (Wildman–Crippen LogP) is 7.22. The van der Waals surface area contributed by atoms with Crippen LogP contribution in [-0.4, -0.2) is 73.9 Å². The van der Waals surface area contributed by atoms with E-state index in [1.165, 1.54) is 22.5 Å². The molecule has 15 heteroatoms. The van der Waals surface area contributed by atoms with Crippen molar-refractivity contribution in [2.24, 2.45) is 10.9 Å². The quantitative estimate of drug-likeness (QED) is 0.275. The Balaban J connectivity index is 1.40. The van der Waals surface area contributed by atoms with E-state index < -0.39 is 47.8 Å². The number of halogens is 2. The van der Waals surface area contributed by atoms with Crippen LogP contribution >= 0.6 is 34.5 Å². The van der Waals surface area contributed by atoms with E-state index in [-0.39, 0.29) is 35.9 Å². The van der Waals surface area contributed by atoms with Crippen LogP contribution in [0.25, 0.3) is 21.6 Å². The van der Waals surface area contributed by atoms with Crippen molar-refractivity contribution in [2.45, 2.75) is 96.1 Å². The minimum atomic E-state index is -1.15. The zero-order valence-electron chi connectivity index (χ0n) is 27.8. The van der Waals surface area contributed by atoms with E-state index in [1.54, 1.807) is 32.9 Å². The average Bonchev–Trinajstić information content (AvgIpc) is 3.39. The standard InChI is InChI=1S/C35H37Cl2N5O7S/c1-35(2,3)49-34(47)41-22-8-5-4-7-18-13-23(18)38-17-26-19(33(45)46)14-29(44)42(26)30(11-10-27(22)43)48-32-31(28-9-6-12-50-28)39-24-15-20(36)21(37)16-25(24)40-32/h6,9,12,15-17,19,22,26,30H,4-5,7-8,10-11,13-14H2,1-3H3,(H,41,47)(H,45,46)/t19-,22-,26+,30+/m0/s1. The molecule has 50 heavy (non-hydrogen) atoms. The van der Waals surface area contributed by atoms with Gasteiger partial charge in [0.2, 0.25) is 11.8 Å². The Bertz CT molecular complexity index is 1890. The number of allylic oxidation sites excluding steroid dienone is 2. The van der Waals surface area contributed by atoms with Gasteiger partial charge < -0.3 is 19.9 Å². The molecule has 0 unspecified atom stereocenters. The number of ketones is 1. The lowest BCUT2D eigenvalue weighted by atomic mass is 9.99. The van der Waals surface area contributed by atoms with E-state index in [0.29, 0.717) is 41.0 Å². The topological polar surface area (TPSA) is 160 Å².